The first-order chi connectivity index (χ1) is 7.74. The monoisotopic (exact) mass is 241 g/mol. The molecule has 0 aromatic carbocycles. The van der Waals surface area contributed by atoms with E-state index in [1.165, 1.54) is 31.2 Å². The van der Waals surface area contributed by atoms with Crippen LogP contribution in [0.3, 0.4) is 0 Å². The smallest absolute Gasteiger partial charge is 0.105 e. The van der Waals surface area contributed by atoms with Gasteiger partial charge in [0, 0.05) is 12.1 Å². The van der Waals surface area contributed by atoms with Gasteiger partial charge in [0.2, 0.25) is 0 Å². The minimum atomic E-state index is 0.995. The molecule has 0 aliphatic carbocycles. The summed E-state index contributed by atoms with van der Waals surface area (Å²) in [4.78, 5) is 2.36. The lowest BCUT2D eigenvalue weighted by atomic mass is 10.2. The van der Waals surface area contributed by atoms with E-state index in [0.29, 0.717) is 0 Å². The van der Waals surface area contributed by atoms with Gasteiger partial charge in [0.15, 0.2) is 0 Å². The van der Waals surface area contributed by atoms with Crippen molar-refractivity contribution in [1.29, 1.82) is 0 Å². The summed E-state index contributed by atoms with van der Waals surface area (Å²) in [7, 11) is 2.17. The van der Waals surface area contributed by atoms with Crippen LogP contribution in [0.4, 0.5) is 0 Å². The fourth-order valence-corrected chi connectivity index (χ4v) is 2.02. The van der Waals surface area contributed by atoms with E-state index in [9.17, 15) is 0 Å². The first-order valence-corrected chi connectivity index (χ1v) is 6.69. The summed E-state index contributed by atoms with van der Waals surface area (Å²) in [5.41, 5.74) is 1.30. The van der Waals surface area contributed by atoms with E-state index in [-0.39, 0.29) is 0 Å². The SMILES string of the molecule is Cc1occc1CN(C)CCCCCCS. The lowest BCUT2D eigenvalue weighted by Gasteiger charge is -2.15. The second-order valence-corrected chi connectivity index (χ2v) is 4.82. The molecule has 3 heteroatoms. The van der Waals surface area contributed by atoms with Gasteiger partial charge < -0.3 is 9.32 Å². The fourth-order valence-electron chi connectivity index (χ4n) is 1.79. The predicted molar refractivity (Wildman–Crippen MR) is 72.1 cm³/mol. The van der Waals surface area contributed by atoms with Gasteiger partial charge in [0.25, 0.3) is 0 Å². The van der Waals surface area contributed by atoms with Crippen molar-refractivity contribution in [2.45, 2.75) is 39.2 Å². The minimum Gasteiger partial charge on any atom is -0.469 e. The molecule has 0 radical (unpaired) electrons. The van der Waals surface area contributed by atoms with Gasteiger partial charge >= 0.3 is 0 Å². The van der Waals surface area contributed by atoms with Crippen molar-refractivity contribution in [2.24, 2.45) is 0 Å². The Hall–Kier alpha value is -0.410. The summed E-state index contributed by atoms with van der Waals surface area (Å²) in [5, 5.41) is 0. The third-order valence-electron chi connectivity index (χ3n) is 2.85. The maximum Gasteiger partial charge on any atom is 0.105 e. The van der Waals surface area contributed by atoms with Gasteiger partial charge in [0.05, 0.1) is 6.26 Å². The molecule has 1 rings (SSSR count). The van der Waals surface area contributed by atoms with Crippen LogP contribution in [0.1, 0.15) is 37.0 Å². The summed E-state index contributed by atoms with van der Waals surface area (Å²) in [6.07, 6.45) is 6.91. The van der Waals surface area contributed by atoms with Crippen molar-refractivity contribution in [3.05, 3.63) is 23.7 Å². The largest absolute Gasteiger partial charge is 0.469 e. The molecule has 0 saturated heterocycles. The van der Waals surface area contributed by atoms with Crippen molar-refractivity contribution in [2.75, 3.05) is 19.3 Å². The van der Waals surface area contributed by atoms with Crippen molar-refractivity contribution in [3.8, 4) is 0 Å². The van der Waals surface area contributed by atoms with Crippen LogP contribution in [0.15, 0.2) is 16.7 Å². The number of nitrogens with zero attached hydrogens (tertiary/aromatic N) is 1. The lowest BCUT2D eigenvalue weighted by molar-refractivity contribution is 0.314. The van der Waals surface area contributed by atoms with E-state index in [1.807, 2.05) is 6.92 Å². The Morgan fingerprint density at radius 2 is 2.00 bits per heavy atom. The van der Waals surface area contributed by atoms with Crippen LogP contribution in [0, 0.1) is 6.92 Å². The van der Waals surface area contributed by atoms with Crippen LogP contribution in [-0.2, 0) is 6.54 Å². The molecule has 92 valence electrons. The number of hydrogen-bond donors (Lipinski definition) is 1. The minimum absolute atomic E-state index is 0.995. The summed E-state index contributed by atoms with van der Waals surface area (Å²) in [5.74, 6) is 2.06. The van der Waals surface area contributed by atoms with Crippen molar-refractivity contribution in [1.82, 2.24) is 4.90 Å². The normalized spacial score (nSPS) is 11.2. The quantitative estimate of drug-likeness (QED) is 0.554. The maximum atomic E-state index is 5.29. The lowest BCUT2D eigenvalue weighted by Crippen LogP contribution is -2.19. The first kappa shape index (κ1) is 13.7. The summed E-state index contributed by atoms with van der Waals surface area (Å²) in [6, 6.07) is 2.06. The highest BCUT2D eigenvalue weighted by Gasteiger charge is 2.04. The average Bonchev–Trinajstić information content (AvgIpc) is 2.64. The molecule has 0 bridgehead atoms. The van der Waals surface area contributed by atoms with Crippen LogP contribution in [0.5, 0.6) is 0 Å². The number of hydrogen-bond acceptors (Lipinski definition) is 3. The molecule has 0 aliphatic rings. The Kier molecular flexibility index (Phi) is 6.65. The van der Waals surface area contributed by atoms with E-state index >= 15 is 0 Å². The van der Waals surface area contributed by atoms with Gasteiger partial charge in [-0.2, -0.15) is 12.6 Å². The Morgan fingerprint density at radius 3 is 2.62 bits per heavy atom. The number of unbranched alkanes of at least 4 members (excludes halogenated alkanes) is 3. The zero-order chi connectivity index (χ0) is 11.8. The van der Waals surface area contributed by atoms with Crippen LogP contribution in [-0.4, -0.2) is 24.2 Å². The molecule has 0 fully saturated rings. The average molecular weight is 241 g/mol. The molecule has 0 atom stereocenters. The molecule has 0 saturated carbocycles. The molecule has 16 heavy (non-hydrogen) atoms. The van der Waals surface area contributed by atoms with Crippen LogP contribution in [0.25, 0.3) is 0 Å². The zero-order valence-corrected chi connectivity index (χ0v) is 11.3. The molecule has 0 N–H and O–H groups in total. The highest BCUT2D eigenvalue weighted by molar-refractivity contribution is 7.80. The van der Waals surface area contributed by atoms with Crippen molar-refractivity contribution in [3.63, 3.8) is 0 Å². The topological polar surface area (TPSA) is 16.4 Å². The maximum absolute atomic E-state index is 5.29. The molecular weight excluding hydrogens is 218 g/mol. The van der Waals surface area contributed by atoms with Crippen LogP contribution in [0.2, 0.25) is 0 Å². The molecule has 0 amide bonds. The standard InChI is InChI=1S/C13H23NOS/c1-12-13(7-9-15-12)11-14(2)8-5-3-4-6-10-16/h7,9,16H,3-6,8,10-11H2,1-2H3. The third kappa shape index (κ3) is 5.08. The van der Waals surface area contributed by atoms with Crippen molar-refractivity contribution < 1.29 is 4.42 Å². The van der Waals surface area contributed by atoms with E-state index in [4.69, 9.17) is 4.42 Å². The van der Waals surface area contributed by atoms with E-state index in [2.05, 4.69) is 30.6 Å². The van der Waals surface area contributed by atoms with Gasteiger partial charge in [-0.15, -0.1) is 0 Å². The molecule has 0 unspecified atom stereocenters. The molecule has 0 spiro atoms. The van der Waals surface area contributed by atoms with Gasteiger partial charge in [0.1, 0.15) is 5.76 Å². The number of thiol groups is 1. The molecular formula is C13H23NOS. The molecule has 1 heterocycles. The highest BCUT2D eigenvalue weighted by Crippen LogP contribution is 2.11. The van der Waals surface area contributed by atoms with E-state index < -0.39 is 0 Å². The fraction of sp³-hybridized carbons (Fsp3) is 0.692. The number of furan rings is 1. The molecule has 1 aromatic heterocycles. The number of rotatable bonds is 8. The molecule has 1 aromatic rings. The highest BCUT2D eigenvalue weighted by atomic mass is 32.1. The van der Waals surface area contributed by atoms with Crippen molar-refractivity contribution >= 4 is 12.6 Å². The Labute approximate surface area is 104 Å². The Morgan fingerprint density at radius 1 is 1.25 bits per heavy atom. The molecule has 2 nitrogen and oxygen atoms in total. The Balaban J connectivity index is 2.11. The van der Waals surface area contributed by atoms with Gasteiger partial charge in [-0.1, -0.05) is 12.8 Å². The van der Waals surface area contributed by atoms with Crippen LogP contribution >= 0.6 is 12.6 Å². The summed E-state index contributed by atoms with van der Waals surface area (Å²) in [6.45, 7) is 4.18. The first-order valence-electron chi connectivity index (χ1n) is 6.06. The third-order valence-corrected chi connectivity index (χ3v) is 3.17. The van der Waals surface area contributed by atoms with E-state index in [0.717, 1.165) is 24.6 Å². The van der Waals surface area contributed by atoms with Crippen LogP contribution < -0.4 is 0 Å². The summed E-state index contributed by atoms with van der Waals surface area (Å²) < 4.78 is 5.29. The second-order valence-electron chi connectivity index (χ2n) is 4.38. The van der Waals surface area contributed by atoms with E-state index in [1.54, 1.807) is 6.26 Å². The Bertz CT molecular complexity index is 285. The summed E-state index contributed by atoms with van der Waals surface area (Å²) >= 11 is 4.21. The van der Waals surface area contributed by atoms with Gasteiger partial charge in [-0.3, -0.25) is 0 Å². The van der Waals surface area contributed by atoms with Gasteiger partial charge in [-0.05, 0) is 45.2 Å². The predicted octanol–water partition coefficient (Wildman–Crippen LogP) is 3.51. The molecule has 0 aliphatic heterocycles. The number of aryl methyl sites for hydroxylation is 1. The second kappa shape index (κ2) is 7.80. The van der Waals surface area contributed by atoms with Gasteiger partial charge in [-0.25, -0.2) is 0 Å². The zero-order valence-electron chi connectivity index (χ0n) is 10.4.